The van der Waals surface area contributed by atoms with E-state index in [0.29, 0.717) is 49.2 Å². The molecular formula is C40H51N5O6. The number of hydrogen-bond donors (Lipinski definition) is 4. The minimum atomic E-state index is -0.852. The summed E-state index contributed by atoms with van der Waals surface area (Å²) >= 11 is 0. The second kappa shape index (κ2) is 17.3. The number of rotatable bonds is 15. The van der Waals surface area contributed by atoms with Crippen LogP contribution in [0.3, 0.4) is 0 Å². The van der Waals surface area contributed by atoms with Crippen molar-refractivity contribution in [3.63, 3.8) is 0 Å². The van der Waals surface area contributed by atoms with Crippen molar-refractivity contribution in [2.45, 2.75) is 43.9 Å². The number of nitrogens with one attached hydrogen (secondary N) is 2. The highest BCUT2D eigenvalue weighted by atomic mass is 16.5. The zero-order valence-electron chi connectivity index (χ0n) is 29.6. The van der Waals surface area contributed by atoms with Crippen LogP contribution >= 0.6 is 0 Å². The van der Waals surface area contributed by atoms with Gasteiger partial charge in [-0.3, -0.25) is 14.5 Å². The molecule has 1 aromatic heterocycles. The molecule has 11 nitrogen and oxygen atoms in total. The first kappa shape index (κ1) is 36.5. The number of amides is 1. The van der Waals surface area contributed by atoms with E-state index in [1.54, 1.807) is 24.1 Å². The Morgan fingerprint density at radius 2 is 1.82 bits per heavy atom. The number of fused-ring (bicyclic) bond motifs is 1. The molecule has 6 rings (SSSR count). The van der Waals surface area contributed by atoms with Crippen LogP contribution in [0.4, 0.5) is 5.69 Å². The van der Waals surface area contributed by atoms with Gasteiger partial charge in [0.1, 0.15) is 5.75 Å². The number of para-hydroxylation sites is 1. The topological polar surface area (TPSA) is 131 Å². The van der Waals surface area contributed by atoms with E-state index in [1.807, 2.05) is 0 Å². The summed E-state index contributed by atoms with van der Waals surface area (Å²) in [6.07, 6.45) is 2.33. The lowest BCUT2D eigenvalue weighted by atomic mass is 9.89. The number of aromatic hydroxyl groups is 1. The highest BCUT2D eigenvalue weighted by molar-refractivity contribution is 5.87. The van der Waals surface area contributed by atoms with E-state index in [4.69, 9.17) is 9.47 Å². The number of piperidine rings is 1. The summed E-state index contributed by atoms with van der Waals surface area (Å²) in [4.78, 5) is 33.6. The first-order valence-corrected chi connectivity index (χ1v) is 18.1. The summed E-state index contributed by atoms with van der Waals surface area (Å²) in [7, 11) is 1.76. The number of phenols is 1. The average molecular weight is 698 g/mol. The molecule has 272 valence electrons. The third kappa shape index (κ3) is 9.75. The number of carbonyl (C=O) groups excluding carboxylic acids is 1. The van der Waals surface area contributed by atoms with Gasteiger partial charge in [0.25, 0.3) is 0 Å². The van der Waals surface area contributed by atoms with Gasteiger partial charge in [0.2, 0.25) is 11.5 Å². The maximum absolute atomic E-state index is 12.6. The predicted molar refractivity (Wildman–Crippen MR) is 199 cm³/mol. The second-order valence-electron chi connectivity index (χ2n) is 13.8. The lowest BCUT2D eigenvalue weighted by molar-refractivity contribution is -0.131. The third-order valence-corrected chi connectivity index (χ3v) is 10.2. The maximum atomic E-state index is 12.6. The van der Waals surface area contributed by atoms with E-state index >= 15 is 0 Å². The minimum absolute atomic E-state index is 0.00235. The van der Waals surface area contributed by atoms with Crippen LogP contribution in [0.5, 0.6) is 5.75 Å². The van der Waals surface area contributed by atoms with Gasteiger partial charge < -0.3 is 39.8 Å². The van der Waals surface area contributed by atoms with Crippen LogP contribution in [0.15, 0.2) is 83.7 Å². The number of phenolic OH excluding ortho intramolecular Hbond substituents is 1. The van der Waals surface area contributed by atoms with Crippen molar-refractivity contribution >= 4 is 22.5 Å². The van der Waals surface area contributed by atoms with Gasteiger partial charge in [-0.2, -0.15) is 0 Å². The maximum Gasteiger partial charge on any atom is 0.248 e. The molecule has 11 heteroatoms. The van der Waals surface area contributed by atoms with Crippen LogP contribution in [-0.2, 0) is 27.2 Å². The Bertz CT molecular complexity index is 1790. The van der Waals surface area contributed by atoms with Gasteiger partial charge in [0.15, 0.2) is 0 Å². The molecule has 2 aliphatic rings. The normalized spacial score (nSPS) is 16.8. The highest BCUT2D eigenvalue weighted by Crippen LogP contribution is 2.33. The summed E-state index contributed by atoms with van der Waals surface area (Å²) in [5, 5.41) is 24.6. The summed E-state index contributed by atoms with van der Waals surface area (Å²) in [6, 6.07) is 25.5. The number of likely N-dealkylation sites (N-methyl/N-ethyl adjacent to an activating group) is 1. The molecule has 51 heavy (non-hydrogen) atoms. The van der Waals surface area contributed by atoms with Gasteiger partial charge in [-0.15, -0.1) is 0 Å². The number of carbonyl (C=O) groups is 1. The van der Waals surface area contributed by atoms with E-state index in [2.05, 4.69) is 74.7 Å². The lowest BCUT2D eigenvalue weighted by Crippen LogP contribution is -2.56. The standard InChI is InChI=1S/C40H51N5O6/c1-43(21-18-41-27-36(47)33-10-12-35(46)39-34(33)11-13-37(48)42-39)38(49)15-24-50-23-14-30-6-5-7-31(26-30)28-44-19-16-40(17-20-44)29-45(22-25-51-40)32-8-3-2-4-9-32/h2-13,26,36,41,46-47H,14-25,27-29H2,1H3,(H,42,48). The molecule has 1 spiro atoms. The number of benzene rings is 3. The van der Waals surface area contributed by atoms with Crippen LogP contribution in [0.2, 0.25) is 0 Å². The first-order valence-electron chi connectivity index (χ1n) is 18.1. The molecular weight excluding hydrogens is 646 g/mol. The molecule has 4 N–H and O–H groups in total. The smallest absolute Gasteiger partial charge is 0.248 e. The number of hydrogen-bond acceptors (Lipinski definition) is 9. The van der Waals surface area contributed by atoms with E-state index in [-0.39, 0.29) is 29.4 Å². The Morgan fingerprint density at radius 3 is 2.65 bits per heavy atom. The molecule has 4 aromatic rings. The van der Waals surface area contributed by atoms with Crippen LogP contribution in [0, 0.1) is 0 Å². The summed E-state index contributed by atoms with van der Waals surface area (Å²) < 4.78 is 12.2. The number of pyridine rings is 1. The monoisotopic (exact) mass is 697 g/mol. The molecule has 2 fully saturated rings. The van der Waals surface area contributed by atoms with E-state index in [0.717, 1.165) is 58.6 Å². The molecule has 0 bridgehead atoms. The van der Waals surface area contributed by atoms with Gasteiger partial charge >= 0.3 is 0 Å². The summed E-state index contributed by atoms with van der Waals surface area (Å²) in [5.41, 5.74) is 4.34. The summed E-state index contributed by atoms with van der Waals surface area (Å²) in [5.74, 6) is -0.0453. The Balaban J connectivity index is 0.849. The Morgan fingerprint density at radius 1 is 1.02 bits per heavy atom. The van der Waals surface area contributed by atoms with Gasteiger partial charge in [-0.1, -0.05) is 48.5 Å². The van der Waals surface area contributed by atoms with Crippen molar-refractivity contribution in [2.75, 3.05) is 77.6 Å². The molecule has 0 saturated carbocycles. The second-order valence-corrected chi connectivity index (χ2v) is 13.8. The van der Waals surface area contributed by atoms with Crippen molar-refractivity contribution in [1.82, 2.24) is 20.1 Å². The van der Waals surface area contributed by atoms with Crippen molar-refractivity contribution in [3.05, 3.63) is 106 Å². The number of ether oxygens (including phenoxy) is 2. The van der Waals surface area contributed by atoms with Crippen molar-refractivity contribution in [2.24, 2.45) is 0 Å². The molecule has 3 aromatic carbocycles. The number of aliphatic hydroxyl groups is 1. The van der Waals surface area contributed by atoms with Crippen LogP contribution in [-0.4, -0.2) is 109 Å². The van der Waals surface area contributed by atoms with Crippen LogP contribution in [0.1, 0.15) is 42.1 Å². The van der Waals surface area contributed by atoms with Gasteiger partial charge in [0.05, 0.1) is 43.5 Å². The fraction of sp³-hybridized carbons (Fsp3) is 0.450. The van der Waals surface area contributed by atoms with Crippen LogP contribution < -0.4 is 15.8 Å². The van der Waals surface area contributed by atoms with Gasteiger partial charge in [0, 0.05) is 76.5 Å². The van der Waals surface area contributed by atoms with Crippen molar-refractivity contribution < 1.29 is 24.5 Å². The number of likely N-dealkylation sites (tertiary alicyclic amines) is 1. The van der Waals surface area contributed by atoms with E-state index in [9.17, 15) is 19.8 Å². The van der Waals surface area contributed by atoms with Gasteiger partial charge in [-0.05, 0) is 60.2 Å². The summed E-state index contributed by atoms with van der Waals surface area (Å²) in [6.45, 7) is 7.83. The molecule has 0 radical (unpaired) electrons. The molecule has 2 aliphatic heterocycles. The quantitative estimate of drug-likeness (QED) is 0.137. The molecule has 1 amide bonds. The van der Waals surface area contributed by atoms with Crippen LogP contribution in [0.25, 0.3) is 10.9 Å². The fourth-order valence-electron chi connectivity index (χ4n) is 7.18. The number of aromatic nitrogens is 1. The Labute approximate surface area is 299 Å². The number of aromatic amines is 1. The average Bonchev–Trinajstić information content (AvgIpc) is 3.15. The first-order chi connectivity index (χ1) is 24.8. The van der Waals surface area contributed by atoms with E-state index < -0.39 is 6.10 Å². The van der Waals surface area contributed by atoms with E-state index in [1.165, 1.54) is 28.9 Å². The van der Waals surface area contributed by atoms with Crippen molar-refractivity contribution in [1.29, 1.82) is 0 Å². The third-order valence-electron chi connectivity index (χ3n) is 10.2. The largest absolute Gasteiger partial charge is 0.506 e. The lowest BCUT2D eigenvalue weighted by Gasteiger charge is -2.48. The predicted octanol–water partition coefficient (Wildman–Crippen LogP) is 3.84. The fourth-order valence-corrected chi connectivity index (χ4v) is 7.18. The molecule has 0 aliphatic carbocycles. The van der Waals surface area contributed by atoms with Gasteiger partial charge in [-0.25, -0.2) is 0 Å². The Hall–Kier alpha value is -4.26. The minimum Gasteiger partial charge on any atom is -0.506 e. The Kier molecular flexibility index (Phi) is 12.4. The van der Waals surface area contributed by atoms with Crippen molar-refractivity contribution in [3.8, 4) is 5.75 Å². The highest BCUT2D eigenvalue weighted by Gasteiger charge is 2.39. The number of morpholine rings is 1. The zero-order valence-corrected chi connectivity index (χ0v) is 29.6. The molecule has 2 saturated heterocycles. The number of H-pyrrole nitrogens is 1. The number of aliphatic hydroxyl groups excluding tert-OH is 1. The molecule has 1 unspecified atom stereocenters. The molecule has 3 heterocycles. The number of anilines is 1. The molecule has 1 atom stereocenters. The number of nitrogens with zero attached hydrogens (tertiary/aromatic N) is 3. The zero-order chi connectivity index (χ0) is 35.6. The SMILES string of the molecule is CN(CCNCC(O)c1ccc(O)c2[nH]c(=O)ccc12)C(=O)CCOCCc1cccc(CN2CCC3(CC2)CN(c2ccccc2)CCO3)c1.